The number of nitrogens with one attached hydrogen (secondary N) is 1. The number of aryl methyl sites for hydroxylation is 2. The summed E-state index contributed by atoms with van der Waals surface area (Å²) < 4.78 is 6.58. The second-order valence-corrected chi connectivity index (χ2v) is 6.49. The van der Waals surface area contributed by atoms with E-state index in [2.05, 4.69) is 21.4 Å². The Labute approximate surface area is 149 Å². The van der Waals surface area contributed by atoms with E-state index in [1.54, 1.807) is 6.07 Å². The molecular weight excluding hydrogens is 380 g/mol. The lowest BCUT2D eigenvalue weighted by atomic mass is 10.1. The minimum Gasteiger partial charge on any atom is -0.486 e. The molecule has 2 aromatic carbocycles. The number of ether oxygens (including phenoxy) is 1. The van der Waals surface area contributed by atoms with Crippen molar-refractivity contribution in [1.29, 1.82) is 0 Å². The molecule has 3 N–H and O–H groups in total. The van der Waals surface area contributed by atoms with Crippen LogP contribution in [0.3, 0.4) is 0 Å². The number of benzene rings is 2. The van der Waals surface area contributed by atoms with E-state index in [1.165, 1.54) is 5.56 Å². The third kappa shape index (κ3) is 5.23. The molecule has 0 atom stereocenters. The fourth-order valence-corrected chi connectivity index (χ4v) is 3.10. The molecule has 0 aliphatic heterocycles. The first-order valence-electron chi connectivity index (χ1n) is 7.15. The number of hydrogen-bond acceptors (Lipinski definition) is 3. The van der Waals surface area contributed by atoms with E-state index < -0.39 is 0 Å². The Kier molecular flexibility index (Phi) is 6.45. The minimum atomic E-state index is -0.211. The maximum absolute atomic E-state index is 11.2. The first-order valence-corrected chi connectivity index (χ1v) is 8.32. The van der Waals surface area contributed by atoms with Gasteiger partial charge < -0.3 is 4.74 Å². The molecule has 0 aromatic heterocycles. The molecule has 0 fully saturated rings. The Bertz CT molecular complexity index is 666. The van der Waals surface area contributed by atoms with Gasteiger partial charge in [-0.05, 0) is 52.5 Å². The number of carbonyl (C=O) groups excluding carboxylic acids is 1. The molecule has 1 amide bonds. The third-order valence-corrected chi connectivity index (χ3v) is 4.23. The maximum Gasteiger partial charge on any atom is 0.234 e. The van der Waals surface area contributed by atoms with Gasteiger partial charge in [-0.25, -0.2) is 5.84 Å². The number of halogens is 2. The second kappa shape index (κ2) is 8.34. The third-order valence-electron chi connectivity index (χ3n) is 3.36. The fourth-order valence-electron chi connectivity index (χ4n) is 2.06. The van der Waals surface area contributed by atoms with Crippen LogP contribution >= 0.6 is 27.5 Å². The summed E-state index contributed by atoms with van der Waals surface area (Å²) in [6, 6.07) is 11.8. The van der Waals surface area contributed by atoms with Crippen molar-refractivity contribution in [3.63, 3.8) is 0 Å². The predicted octanol–water partition coefficient (Wildman–Crippen LogP) is 3.91. The van der Waals surface area contributed by atoms with Crippen LogP contribution in [0.5, 0.6) is 5.75 Å². The van der Waals surface area contributed by atoms with Crippen molar-refractivity contribution >= 4 is 33.4 Å². The summed E-state index contributed by atoms with van der Waals surface area (Å²) in [5.74, 6) is 5.45. The quantitative estimate of drug-likeness (QED) is 0.441. The summed E-state index contributed by atoms with van der Waals surface area (Å²) in [6.45, 7) is 2.48. The molecule has 4 nitrogen and oxygen atoms in total. The van der Waals surface area contributed by atoms with Gasteiger partial charge in [0.1, 0.15) is 6.61 Å². The van der Waals surface area contributed by atoms with Crippen molar-refractivity contribution in [2.75, 3.05) is 0 Å². The van der Waals surface area contributed by atoms with E-state index in [0.29, 0.717) is 30.2 Å². The molecule has 2 rings (SSSR count). The molecule has 0 spiro atoms. The van der Waals surface area contributed by atoms with E-state index in [9.17, 15) is 4.79 Å². The first kappa shape index (κ1) is 17.8. The molecule has 0 aliphatic rings. The number of nitrogens with two attached hydrogens (primary N) is 1. The Morgan fingerprint density at radius 1 is 1.26 bits per heavy atom. The molecule has 2 aromatic rings. The zero-order chi connectivity index (χ0) is 16.8. The van der Waals surface area contributed by atoms with Crippen LogP contribution in [-0.2, 0) is 17.8 Å². The maximum atomic E-state index is 11.2. The minimum absolute atomic E-state index is 0.211. The summed E-state index contributed by atoms with van der Waals surface area (Å²) in [6.07, 6.45) is 0.864. The topological polar surface area (TPSA) is 64.3 Å². The molecule has 0 bridgehead atoms. The van der Waals surface area contributed by atoms with Gasteiger partial charge >= 0.3 is 0 Å². The number of amides is 1. The highest BCUT2D eigenvalue weighted by Gasteiger charge is 2.11. The van der Waals surface area contributed by atoms with Crippen molar-refractivity contribution in [3.8, 4) is 5.75 Å². The predicted molar refractivity (Wildman–Crippen MR) is 95.3 cm³/mol. The van der Waals surface area contributed by atoms with Crippen LogP contribution in [0.1, 0.15) is 23.1 Å². The monoisotopic (exact) mass is 396 g/mol. The van der Waals surface area contributed by atoms with Crippen LogP contribution in [0.2, 0.25) is 5.02 Å². The Morgan fingerprint density at radius 2 is 1.96 bits per heavy atom. The van der Waals surface area contributed by atoms with E-state index in [4.69, 9.17) is 22.2 Å². The SMILES string of the molecule is Cc1ccc(COc2c(Cl)cc(CCC(=O)NN)cc2Br)cc1. The van der Waals surface area contributed by atoms with Crippen molar-refractivity contribution in [2.45, 2.75) is 26.4 Å². The molecule has 0 aliphatic carbocycles. The summed E-state index contributed by atoms with van der Waals surface area (Å²) in [4.78, 5) is 11.2. The molecule has 0 heterocycles. The van der Waals surface area contributed by atoms with Gasteiger partial charge in [-0.1, -0.05) is 41.4 Å². The lowest BCUT2D eigenvalue weighted by Crippen LogP contribution is -2.30. The van der Waals surface area contributed by atoms with Gasteiger partial charge in [0.15, 0.2) is 5.75 Å². The Morgan fingerprint density at radius 3 is 2.57 bits per heavy atom. The molecular formula is C17H18BrClN2O2. The van der Waals surface area contributed by atoms with Crippen LogP contribution < -0.4 is 16.0 Å². The van der Waals surface area contributed by atoms with Crippen molar-refractivity contribution in [1.82, 2.24) is 5.43 Å². The highest BCUT2D eigenvalue weighted by Crippen LogP contribution is 2.35. The smallest absolute Gasteiger partial charge is 0.234 e. The molecule has 23 heavy (non-hydrogen) atoms. The zero-order valence-corrected chi connectivity index (χ0v) is 15.1. The number of hydrazine groups is 1. The van der Waals surface area contributed by atoms with Crippen LogP contribution in [0.25, 0.3) is 0 Å². The van der Waals surface area contributed by atoms with Gasteiger partial charge in [0.25, 0.3) is 0 Å². The van der Waals surface area contributed by atoms with Crippen molar-refractivity contribution < 1.29 is 9.53 Å². The molecule has 122 valence electrons. The Balaban J connectivity index is 2.04. The largest absolute Gasteiger partial charge is 0.486 e. The van der Waals surface area contributed by atoms with Crippen LogP contribution in [0.15, 0.2) is 40.9 Å². The van der Waals surface area contributed by atoms with Gasteiger partial charge in [-0.2, -0.15) is 0 Å². The number of hydrogen-bond donors (Lipinski definition) is 2. The molecule has 0 saturated carbocycles. The van der Waals surface area contributed by atoms with E-state index in [-0.39, 0.29) is 5.91 Å². The fraction of sp³-hybridized carbons (Fsp3) is 0.235. The van der Waals surface area contributed by atoms with Gasteiger partial charge in [0.2, 0.25) is 5.91 Å². The Hall–Kier alpha value is -1.56. The first-order chi connectivity index (χ1) is 11.0. The molecule has 0 unspecified atom stereocenters. The van der Waals surface area contributed by atoms with E-state index >= 15 is 0 Å². The molecule has 0 radical (unpaired) electrons. The summed E-state index contributed by atoms with van der Waals surface area (Å²) in [5, 5.41) is 0.509. The summed E-state index contributed by atoms with van der Waals surface area (Å²) >= 11 is 9.77. The molecule has 0 saturated heterocycles. The van der Waals surface area contributed by atoms with Crippen LogP contribution in [0.4, 0.5) is 0 Å². The van der Waals surface area contributed by atoms with Crippen LogP contribution in [-0.4, -0.2) is 5.91 Å². The van der Waals surface area contributed by atoms with Crippen molar-refractivity contribution in [2.24, 2.45) is 5.84 Å². The second-order valence-electron chi connectivity index (χ2n) is 5.23. The van der Waals surface area contributed by atoms with Gasteiger partial charge in [-0.3, -0.25) is 10.2 Å². The summed E-state index contributed by atoms with van der Waals surface area (Å²) in [5.41, 5.74) is 5.33. The highest BCUT2D eigenvalue weighted by atomic mass is 79.9. The molecule has 6 heteroatoms. The number of rotatable bonds is 6. The average Bonchev–Trinajstić information content (AvgIpc) is 2.53. The zero-order valence-electron chi connectivity index (χ0n) is 12.7. The van der Waals surface area contributed by atoms with E-state index in [0.717, 1.165) is 15.6 Å². The van der Waals surface area contributed by atoms with E-state index in [1.807, 2.05) is 37.3 Å². The number of carbonyl (C=O) groups is 1. The summed E-state index contributed by atoms with van der Waals surface area (Å²) in [7, 11) is 0. The lowest BCUT2D eigenvalue weighted by molar-refractivity contribution is -0.121. The average molecular weight is 398 g/mol. The van der Waals surface area contributed by atoms with Gasteiger partial charge in [0.05, 0.1) is 9.50 Å². The van der Waals surface area contributed by atoms with Gasteiger partial charge in [0, 0.05) is 6.42 Å². The van der Waals surface area contributed by atoms with Gasteiger partial charge in [-0.15, -0.1) is 0 Å². The van der Waals surface area contributed by atoms with Crippen LogP contribution in [0, 0.1) is 6.92 Å². The standard InChI is InChI=1S/C17H18BrClN2O2/c1-11-2-4-12(5-3-11)10-23-17-14(18)8-13(9-15(17)19)6-7-16(22)21-20/h2-5,8-9H,6-7,10,20H2,1H3,(H,21,22). The normalized spacial score (nSPS) is 10.4. The lowest BCUT2D eigenvalue weighted by Gasteiger charge is -2.12. The highest BCUT2D eigenvalue weighted by molar-refractivity contribution is 9.10. The van der Waals surface area contributed by atoms with Crippen molar-refractivity contribution in [3.05, 3.63) is 62.6 Å².